The lowest BCUT2D eigenvalue weighted by Gasteiger charge is -2.10. The standard InChI is InChI=1S/C13H16Cl2N2O2/c1-2-12(18)16-9-5-6-10(15)11(8-9)17-13(19)4-3-7-14/h5-6,8H,2-4,7H2,1H3,(H,16,18)(H,17,19). The molecule has 4 nitrogen and oxygen atoms in total. The zero-order chi connectivity index (χ0) is 14.3. The summed E-state index contributed by atoms with van der Waals surface area (Å²) >= 11 is 11.5. The molecule has 2 amide bonds. The molecular weight excluding hydrogens is 287 g/mol. The summed E-state index contributed by atoms with van der Waals surface area (Å²) in [6.07, 6.45) is 1.34. The third-order valence-corrected chi connectivity index (χ3v) is 2.98. The summed E-state index contributed by atoms with van der Waals surface area (Å²) in [5.74, 6) is 0.191. The Balaban J connectivity index is 2.74. The Bertz CT molecular complexity index is 464. The molecule has 1 rings (SSSR count). The maximum Gasteiger partial charge on any atom is 0.224 e. The first kappa shape index (κ1) is 15.8. The zero-order valence-corrected chi connectivity index (χ0v) is 12.1. The van der Waals surface area contributed by atoms with Crippen molar-refractivity contribution in [3.8, 4) is 0 Å². The first-order valence-electron chi connectivity index (χ1n) is 6.02. The Morgan fingerprint density at radius 3 is 2.58 bits per heavy atom. The van der Waals surface area contributed by atoms with Crippen LogP contribution in [0.4, 0.5) is 11.4 Å². The van der Waals surface area contributed by atoms with Crippen LogP contribution in [0.1, 0.15) is 26.2 Å². The van der Waals surface area contributed by atoms with Crippen molar-refractivity contribution < 1.29 is 9.59 Å². The van der Waals surface area contributed by atoms with Crippen molar-refractivity contribution in [1.29, 1.82) is 0 Å². The highest BCUT2D eigenvalue weighted by atomic mass is 35.5. The second-order valence-electron chi connectivity index (χ2n) is 3.94. The van der Waals surface area contributed by atoms with E-state index >= 15 is 0 Å². The number of hydrogen-bond acceptors (Lipinski definition) is 2. The molecule has 0 aliphatic heterocycles. The van der Waals surface area contributed by atoms with Crippen LogP contribution in [-0.2, 0) is 9.59 Å². The fraction of sp³-hybridized carbons (Fsp3) is 0.385. The van der Waals surface area contributed by atoms with E-state index in [2.05, 4.69) is 10.6 Å². The fourth-order valence-corrected chi connectivity index (χ4v) is 1.69. The predicted molar refractivity (Wildman–Crippen MR) is 79.0 cm³/mol. The zero-order valence-electron chi connectivity index (χ0n) is 10.6. The minimum atomic E-state index is -0.151. The average Bonchev–Trinajstić information content (AvgIpc) is 2.40. The van der Waals surface area contributed by atoms with Crippen molar-refractivity contribution in [2.24, 2.45) is 0 Å². The first-order chi connectivity index (χ1) is 9.06. The van der Waals surface area contributed by atoms with E-state index in [-0.39, 0.29) is 11.8 Å². The summed E-state index contributed by atoms with van der Waals surface area (Å²) in [6, 6.07) is 4.95. The second kappa shape index (κ2) is 8.02. The van der Waals surface area contributed by atoms with Crippen LogP contribution in [-0.4, -0.2) is 17.7 Å². The van der Waals surface area contributed by atoms with Crippen LogP contribution in [0.15, 0.2) is 18.2 Å². The molecule has 0 spiro atoms. The second-order valence-corrected chi connectivity index (χ2v) is 4.72. The number of benzene rings is 1. The van der Waals surface area contributed by atoms with Crippen molar-refractivity contribution in [2.45, 2.75) is 26.2 Å². The summed E-state index contributed by atoms with van der Waals surface area (Å²) in [7, 11) is 0. The number of rotatable bonds is 6. The SMILES string of the molecule is CCC(=O)Nc1ccc(Cl)c(NC(=O)CCCCl)c1. The fourth-order valence-electron chi connectivity index (χ4n) is 1.39. The van der Waals surface area contributed by atoms with Crippen LogP contribution in [0.2, 0.25) is 5.02 Å². The van der Waals surface area contributed by atoms with Crippen LogP contribution in [0.3, 0.4) is 0 Å². The summed E-state index contributed by atoms with van der Waals surface area (Å²) in [6.45, 7) is 1.76. The first-order valence-corrected chi connectivity index (χ1v) is 6.93. The predicted octanol–water partition coefficient (Wildman–Crippen LogP) is 3.65. The number of alkyl halides is 1. The van der Waals surface area contributed by atoms with Gasteiger partial charge in [0, 0.05) is 24.4 Å². The molecule has 6 heteroatoms. The molecule has 2 N–H and O–H groups in total. The van der Waals surface area contributed by atoms with Crippen LogP contribution in [0.25, 0.3) is 0 Å². The lowest BCUT2D eigenvalue weighted by atomic mass is 10.2. The highest BCUT2D eigenvalue weighted by Crippen LogP contribution is 2.25. The molecule has 1 aromatic carbocycles. The van der Waals surface area contributed by atoms with Crippen LogP contribution >= 0.6 is 23.2 Å². The van der Waals surface area contributed by atoms with Crippen LogP contribution < -0.4 is 10.6 Å². The number of halogens is 2. The molecule has 19 heavy (non-hydrogen) atoms. The van der Waals surface area contributed by atoms with Crippen molar-refractivity contribution in [1.82, 2.24) is 0 Å². The van der Waals surface area contributed by atoms with E-state index in [1.54, 1.807) is 25.1 Å². The van der Waals surface area contributed by atoms with Gasteiger partial charge in [0.2, 0.25) is 11.8 Å². The Kier molecular flexibility index (Phi) is 6.67. The number of carbonyl (C=O) groups excluding carboxylic acids is 2. The largest absolute Gasteiger partial charge is 0.326 e. The normalized spacial score (nSPS) is 10.1. The van der Waals surface area contributed by atoms with Crippen molar-refractivity contribution >= 4 is 46.4 Å². The van der Waals surface area contributed by atoms with Gasteiger partial charge in [0.15, 0.2) is 0 Å². The smallest absolute Gasteiger partial charge is 0.224 e. The number of carbonyl (C=O) groups is 2. The molecule has 104 valence electrons. The van der Waals surface area contributed by atoms with Crippen molar-refractivity contribution in [3.05, 3.63) is 23.2 Å². The van der Waals surface area contributed by atoms with Gasteiger partial charge in [-0.1, -0.05) is 18.5 Å². The average molecular weight is 303 g/mol. The van der Waals surface area contributed by atoms with Gasteiger partial charge in [0.05, 0.1) is 10.7 Å². The van der Waals surface area contributed by atoms with E-state index in [0.29, 0.717) is 41.5 Å². The molecule has 0 radical (unpaired) electrons. The minimum Gasteiger partial charge on any atom is -0.326 e. The van der Waals surface area contributed by atoms with Gasteiger partial charge >= 0.3 is 0 Å². The molecule has 0 aliphatic carbocycles. The van der Waals surface area contributed by atoms with E-state index in [1.165, 1.54) is 0 Å². The van der Waals surface area contributed by atoms with Gasteiger partial charge in [-0.3, -0.25) is 9.59 Å². The van der Waals surface area contributed by atoms with Gasteiger partial charge < -0.3 is 10.6 Å². The van der Waals surface area contributed by atoms with E-state index in [9.17, 15) is 9.59 Å². The van der Waals surface area contributed by atoms with Crippen molar-refractivity contribution in [3.63, 3.8) is 0 Å². The molecule has 1 aromatic rings. The molecule has 0 fully saturated rings. The third-order valence-electron chi connectivity index (χ3n) is 2.38. The van der Waals surface area contributed by atoms with Gasteiger partial charge in [-0.15, -0.1) is 11.6 Å². The Hall–Kier alpha value is -1.26. The van der Waals surface area contributed by atoms with Crippen LogP contribution in [0, 0.1) is 0 Å². The molecular formula is C13H16Cl2N2O2. The molecule has 0 atom stereocenters. The summed E-state index contributed by atoms with van der Waals surface area (Å²) in [5.41, 5.74) is 1.08. The molecule has 0 aromatic heterocycles. The number of anilines is 2. The number of hydrogen-bond donors (Lipinski definition) is 2. The van der Waals surface area contributed by atoms with E-state index in [4.69, 9.17) is 23.2 Å². The Morgan fingerprint density at radius 2 is 1.95 bits per heavy atom. The van der Waals surface area contributed by atoms with E-state index in [1.807, 2.05) is 0 Å². The van der Waals surface area contributed by atoms with Gasteiger partial charge in [0.1, 0.15) is 0 Å². The lowest BCUT2D eigenvalue weighted by Crippen LogP contribution is -2.13. The molecule has 0 saturated carbocycles. The minimum absolute atomic E-state index is 0.0956. The highest BCUT2D eigenvalue weighted by Gasteiger charge is 2.07. The Labute approximate surface area is 122 Å². The summed E-state index contributed by atoms with van der Waals surface area (Å²) in [4.78, 5) is 22.9. The summed E-state index contributed by atoms with van der Waals surface area (Å²) in [5, 5.41) is 5.83. The highest BCUT2D eigenvalue weighted by molar-refractivity contribution is 6.33. The Morgan fingerprint density at radius 1 is 1.21 bits per heavy atom. The van der Waals surface area contributed by atoms with Gasteiger partial charge in [-0.2, -0.15) is 0 Å². The maximum absolute atomic E-state index is 11.6. The molecule has 0 saturated heterocycles. The maximum atomic E-state index is 11.6. The topological polar surface area (TPSA) is 58.2 Å². The monoisotopic (exact) mass is 302 g/mol. The van der Waals surface area contributed by atoms with E-state index in [0.717, 1.165) is 0 Å². The van der Waals surface area contributed by atoms with Crippen LogP contribution in [0.5, 0.6) is 0 Å². The number of nitrogens with one attached hydrogen (secondary N) is 2. The summed E-state index contributed by atoms with van der Waals surface area (Å²) < 4.78 is 0. The van der Waals surface area contributed by atoms with Gasteiger partial charge in [-0.05, 0) is 24.6 Å². The lowest BCUT2D eigenvalue weighted by molar-refractivity contribution is -0.116. The molecule has 0 bridgehead atoms. The van der Waals surface area contributed by atoms with Crippen molar-refractivity contribution in [2.75, 3.05) is 16.5 Å². The van der Waals surface area contributed by atoms with Gasteiger partial charge in [-0.25, -0.2) is 0 Å². The molecule has 0 aliphatic rings. The molecule has 0 unspecified atom stereocenters. The molecule has 0 heterocycles. The van der Waals surface area contributed by atoms with Gasteiger partial charge in [0.25, 0.3) is 0 Å². The number of amides is 2. The quantitative estimate of drug-likeness (QED) is 0.788. The third kappa shape index (κ3) is 5.49. The van der Waals surface area contributed by atoms with E-state index < -0.39 is 0 Å².